The number of hydrogen-bond donors (Lipinski definition) is 5. The van der Waals surface area contributed by atoms with E-state index in [2.05, 4.69) is 34.7 Å². The first kappa shape index (κ1) is 61.3. The zero-order valence-electron chi connectivity index (χ0n) is 42.6. The van der Waals surface area contributed by atoms with Crippen molar-refractivity contribution >= 4 is 5.91 Å². The van der Waals surface area contributed by atoms with Crippen molar-refractivity contribution < 1.29 is 4.79 Å². The van der Waals surface area contributed by atoms with E-state index in [9.17, 15) is 4.79 Å². The van der Waals surface area contributed by atoms with Crippen molar-refractivity contribution in [2.45, 2.75) is 277 Å². The van der Waals surface area contributed by atoms with Gasteiger partial charge in [-0.3, -0.25) is 4.79 Å². The zero-order chi connectivity index (χ0) is 44.9. The van der Waals surface area contributed by atoms with Gasteiger partial charge in [-0.15, -0.1) is 0 Å². The van der Waals surface area contributed by atoms with Crippen LogP contribution >= 0.6 is 0 Å². The fourth-order valence-corrected chi connectivity index (χ4v) is 9.13. The van der Waals surface area contributed by atoms with Crippen LogP contribution in [-0.4, -0.2) is 76.3 Å². The fraction of sp³-hybridized carbons (Fsp3) is 0.982. The molecule has 0 radical (unpaired) electrons. The minimum Gasteiger partial charge on any atom is -0.342 e. The average Bonchev–Trinajstić information content (AvgIpc) is 3.28. The molecule has 0 rings (SSSR count). The van der Waals surface area contributed by atoms with Crippen LogP contribution in [0.25, 0.3) is 0 Å². The summed E-state index contributed by atoms with van der Waals surface area (Å²) in [4.78, 5) is 16.7. The number of nitrogens with zero attached hydrogens (tertiary/aromatic N) is 1. The van der Waals surface area contributed by atoms with Gasteiger partial charge in [0.05, 0.1) is 0 Å². The summed E-state index contributed by atoms with van der Waals surface area (Å²) < 4.78 is 0. The lowest BCUT2D eigenvalue weighted by molar-refractivity contribution is -0.136. The van der Waals surface area contributed by atoms with E-state index in [1.54, 1.807) is 0 Å². The van der Waals surface area contributed by atoms with Gasteiger partial charge in [0.15, 0.2) is 0 Å². The molecule has 0 aliphatic carbocycles. The summed E-state index contributed by atoms with van der Waals surface area (Å²) in [6, 6.07) is 0. The summed E-state index contributed by atoms with van der Waals surface area (Å²) in [5.74, 6) is 0.622. The third-order valence-corrected chi connectivity index (χ3v) is 13.4. The number of unbranched alkanes of at least 4 members (excludes halogenated alkanes) is 32. The number of amides is 1. The Bertz CT molecular complexity index is 794. The SMILES string of the molecule is CCCCCCCCCCCCCCCCCCN(CCCCCCCCCCCCCCCCCC)C(=O)C(CCCCNCCCN)CCCNCCCNCCCCN. The highest BCUT2D eigenvalue weighted by Crippen LogP contribution is 2.21. The lowest BCUT2D eigenvalue weighted by Gasteiger charge is -2.28. The average molecular weight is 878 g/mol. The molecule has 0 fully saturated rings. The largest absolute Gasteiger partial charge is 0.342 e. The smallest absolute Gasteiger partial charge is 0.225 e. The normalized spacial score (nSPS) is 12.1. The van der Waals surface area contributed by atoms with Crippen molar-refractivity contribution in [2.75, 3.05) is 65.4 Å². The molecule has 7 nitrogen and oxygen atoms in total. The Morgan fingerprint density at radius 1 is 0.339 bits per heavy atom. The van der Waals surface area contributed by atoms with Crippen molar-refractivity contribution in [3.8, 4) is 0 Å². The molecular formula is C55H116N6O. The Morgan fingerprint density at radius 2 is 0.629 bits per heavy atom. The van der Waals surface area contributed by atoms with E-state index in [1.807, 2.05) is 0 Å². The molecule has 7 heteroatoms. The highest BCUT2D eigenvalue weighted by molar-refractivity contribution is 5.78. The number of rotatable bonds is 55. The number of nitrogens with two attached hydrogens (primary N) is 2. The Labute approximate surface area is 390 Å². The molecular weight excluding hydrogens is 761 g/mol. The summed E-state index contributed by atoms with van der Waals surface area (Å²) in [6.07, 6.45) is 54.3. The quantitative estimate of drug-likeness (QED) is 0.0390. The summed E-state index contributed by atoms with van der Waals surface area (Å²) in [5.41, 5.74) is 11.3. The zero-order valence-corrected chi connectivity index (χ0v) is 42.6. The molecule has 0 aliphatic rings. The van der Waals surface area contributed by atoms with E-state index in [0.717, 1.165) is 117 Å². The predicted octanol–water partition coefficient (Wildman–Crippen LogP) is 14.2. The first-order valence-electron chi connectivity index (χ1n) is 28.5. The first-order chi connectivity index (χ1) is 30.7. The van der Waals surface area contributed by atoms with Crippen LogP contribution in [-0.2, 0) is 4.79 Å². The van der Waals surface area contributed by atoms with Gasteiger partial charge in [-0.05, 0) is 117 Å². The Kier molecular flexibility index (Phi) is 54.0. The van der Waals surface area contributed by atoms with E-state index < -0.39 is 0 Å². The van der Waals surface area contributed by atoms with E-state index in [4.69, 9.17) is 11.5 Å². The highest BCUT2D eigenvalue weighted by atomic mass is 16.2. The van der Waals surface area contributed by atoms with Gasteiger partial charge in [0.2, 0.25) is 5.91 Å². The molecule has 0 saturated carbocycles. The lowest BCUT2D eigenvalue weighted by atomic mass is 9.94. The molecule has 0 aromatic rings. The van der Waals surface area contributed by atoms with Gasteiger partial charge in [0.1, 0.15) is 0 Å². The molecule has 1 atom stereocenters. The van der Waals surface area contributed by atoms with E-state index in [1.165, 1.54) is 212 Å². The summed E-state index contributed by atoms with van der Waals surface area (Å²) >= 11 is 0. The Hall–Kier alpha value is -0.730. The summed E-state index contributed by atoms with van der Waals surface area (Å²) in [7, 11) is 0. The molecule has 0 aliphatic heterocycles. The highest BCUT2D eigenvalue weighted by Gasteiger charge is 2.23. The standard InChI is InChI=1S/C55H116N6O/c1-3-5-7-9-11-13-15-17-19-21-23-25-27-29-31-37-52-61(53-38-32-30-28-26-24-22-20-18-16-14-12-10-8-6-4-2)55(62)54(42-33-35-46-58-49-40-45-57)43-39-48-60-51-41-50-59-47-36-34-44-56/h54,58-60H,3-53,56-57H2,1-2H3. The van der Waals surface area contributed by atoms with Gasteiger partial charge in [0.25, 0.3) is 0 Å². The Morgan fingerprint density at radius 3 is 1.00 bits per heavy atom. The predicted molar refractivity (Wildman–Crippen MR) is 277 cm³/mol. The molecule has 7 N–H and O–H groups in total. The maximum Gasteiger partial charge on any atom is 0.225 e. The molecule has 0 aromatic carbocycles. The molecule has 0 aromatic heterocycles. The second-order valence-electron chi connectivity index (χ2n) is 19.5. The summed E-state index contributed by atoms with van der Waals surface area (Å²) in [6.45, 7) is 14.3. The van der Waals surface area contributed by atoms with Crippen LogP contribution in [0.1, 0.15) is 277 Å². The van der Waals surface area contributed by atoms with Gasteiger partial charge in [-0.1, -0.05) is 213 Å². The molecule has 1 unspecified atom stereocenters. The van der Waals surface area contributed by atoms with Crippen LogP contribution in [0.15, 0.2) is 0 Å². The van der Waals surface area contributed by atoms with E-state index in [-0.39, 0.29) is 5.92 Å². The molecule has 0 bridgehead atoms. The maximum atomic E-state index is 14.4. The monoisotopic (exact) mass is 877 g/mol. The molecule has 62 heavy (non-hydrogen) atoms. The topological polar surface area (TPSA) is 108 Å². The van der Waals surface area contributed by atoms with Gasteiger partial charge in [-0.25, -0.2) is 0 Å². The second kappa shape index (κ2) is 54.6. The van der Waals surface area contributed by atoms with Crippen molar-refractivity contribution in [2.24, 2.45) is 17.4 Å². The minimum absolute atomic E-state index is 0.159. The van der Waals surface area contributed by atoms with Gasteiger partial charge in [0, 0.05) is 19.0 Å². The van der Waals surface area contributed by atoms with Crippen molar-refractivity contribution in [3.05, 3.63) is 0 Å². The van der Waals surface area contributed by atoms with Crippen LogP contribution < -0.4 is 27.4 Å². The van der Waals surface area contributed by atoms with Gasteiger partial charge in [-0.2, -0.15) is 0 Å². The lowest BCUT2D eigenvalue weighted by Crippen LogP contribution is -2.38. The molecule has 1 amide bonds. The van der Waals surface area contributed by atoms with Gasteiger partial charge >= 0.3 is 0 Å². The Balaban J connectivity index is 4.80. The van der Waals surface area contributed by atoms with E-state index in [0.29, 0.717) is 5.91 Å². The molecule has 0 heterocycles. The molecule has 372 valence electrons. The van der Waals surface area contributed by atoms with Crippen LogP contribution in [0.3, 0.4) is 0 Å². The van der Waals surface area contributed by atoms with Gasteiger partial charge < -0.3 is 32.3 Å². The van der Waals surface area contributed by atoms with Crippen LogP contribution in [0.2, 0.25) is 0 Å². The first-order valence-corrected chi connectivity index (χ1v) is 28.5. The third-order valence-electron chi connectivity index (χ3n) is 13.4. The molecule has 0 saturated heterocycles. The second-order valence-corrected chi connectivity index (χ2v) is 19.5. The van der Waals surface area contributed by atoms with Crippen molar-refractivity contribution in [1.29, 1.82) is 0 Å². The number of hydrogen-bond acceptors (Lipinski definition) is 6. The minimum atomic E-state index is 0.159. The number of carbonyl (C=O) groups is 1. The van der Waals surface area contributed by atoms with Crippen molar-refractivity contribution in [1.82, 2.24) is 20.9 Å². The fourth-order valence-electron chi connectivity index (χ4n) is 9.13. The van der Waals surface area contributed by atoms with E-state index >= 15 is 0 Å². The third kappa shape index (κ3) is 47.2. The number of carbonyl (C=O) groups excluding carboxylic acids is 1. The molecule has 0 spiro atoms. The van der Waals surface area contributed by atoms with Crippen LogP contribution in [0, 0.1) is 5.92 Å². The maximum absolute atomic E-state index is 14.4. The van der Waals surface area contributed by atoms with Crippen LogP contribution in [0.5, 0.6) is 0 Å². The summed E-state index contributed by atoms with van der Waals surface area (Å²) in [5, 5.41) is 10.8. The number of nitrogens with one attached hydrogen (secondary N) is 3. The van der Waals surface area contributed by atoms with Crippen molar-refractivity contribution in [3.63, 3.8) is 0 Å². The van der Waals surface area contributed by atoms with Crippen LogP contribution in [0.4, 0.5) is 0 Å².